The molecule has 0 spiro atoms. The zero-order valence-electron chi connectivity index (χ0n) is 10.4. The largest absolute Gasteiger partial charge is 0.338 e. The van der Waals surface area contributed by atoms with Crippen molar-refractivity contribution in [2.75, 3.05) is 6.54 Å². The van der Waals surface area contributed by atoms with Crippen molar-refractivity contribution in [1.29, 1.82) is 0 Å². The summed E-state index contributed by atoms with van der Waals surface area (Å²) in [6.07, 6.45) is 4.26. The van der Waals surface area contributed by atoms with Gasteiger partial charge in [0.2, 0.25) is 11.7 Å². The summed E-state index contributed by atoms with van der Waals surface area (Å²) < 4.78 is 6.20. The lowest BCUT2D eigenvalue weighted by Gasteiger charge is -2.20. The van der Waals surface area contributed by atoms with Crippen LogP contribution in [0.4, 0.5) is 0 Å². The van der Waals surface area contributed by atoms with Crippen LogP contribution >= 0.6 is 15.9 Å². The average Bonchev–Trinajstić information content (AvgIpc) is 2.88. The van der Waals surface area contributed by atoms with Crippen molar-refractivity contribution >= 4 is 15.9 Å². The molecule has 2 aromatic rings. The molecule has 1 atom stereocenters. The Hall–Kier alpha value is -1.27. The van der Waals surface area contributed by atoms with Gasteiger partial charge in [0.25, 0.3) is 0 Å². The molecule has 0 aliphatic heterocycles. The Bertz CT molecular complexity index is 536. The summed E-state index contributed by atoms with van der Waals surface area (Å²) in [6.45, 7) is 4.54. The predicted molar refractivity (Wildman–Crippen MR) is 71.9 cm³/mol. The van der Waals surface area contributed by atoms with Crippen molar-refractivity contribution in [3.8, 4) is 11.4 Å². The summed E-state index contributed by atoms with van der Waals surface area (Å²) in [5, 5.41) is 3.99. The first-order valence-corrected chi connectivity index (χ1v) is 6.53. The second-order valence-corrected chi connectivity index (χ2v) is 5.35. The molecule has 0 saturated heterocycles. The van der Waals surface area contributed by atoms with Crippen LogP contribution in [-0.2, 0) is 5.41 Å². The molecule has 2 rings (SSSR count). The van der Waals surface area contributed by atoms with Crippen LogP contribution in [0.25, 0.3) is 11.4 Å². The zero-order chi connectivity index (χ0) is 13.2. The van der Waals surface area contributed by atoms with Crippen molar-refractivity contribution in [3.63, 3.8) is 0 Å². The van der Waals surface area contributed by atoms with E-state index in [4.69, 9.17) is 10.3 Å². The number of pyridine rings is 1. The molecule has 5 nitrogen and oxygen atoms in total. The normalized spacial score (nSPS) is 14.4. The Labute approximate surface area is 114 Å². The van der Waals surface area contributed by atoms with Crippen molar-refractivity contribution in [1.82, 2.24) is 15.1 Å². The van der Waals surface area contributed by atoms with Gasteiger partial charge in [0, 0.05) is 29.0 Å². The van der Waals surface area contributed by atoms with E-state index in [9.17, 15) is 0 Å². The number of halogens is 1. The van der Waals surface area contributed by atoms with E-state index in [1.807, 2.05) is 13.0 Å². The molecule has 0 bridgehead atoms. The van der Waals surface area contributed by atoms with Gasteiger partial charge >= 0.3 is 0 Å². The maximum Gasteiger partial charge on any atom is 0.234 e. The summed E-state index contributed by atoms with van der Waals surface area (Å²) in [6, 6.07) is 1.90. The van der Waals surface area contributed by atoms with Crippen LogP contribution in [0, 0.1) is 0 Å². The SMILES string of the molecule is CCC(C)(CN)c1nc(-c2cncc(Br)c2)no1. The fraction of sp³-hybridized carbons (Fsp3) is 0.417. The molecule has 96 valence electrons. The molecule has 0 aliphatic rings. The first kappa shape index (κ1) is 13.2. The van der Waals surface area contributed by atoms with Crippen molar-refractivity contribution in [3.05, 3.63) is 28.8 Å². The van der Waals surface area contributed by atoms with Gasteiger partial charge in [0.1, 0.15) is 0 Å². The smallest absolute Gasteiger partial charge is 0.234 e. The fourth-order valence-electron chi connectivity index (χ4n) is 1.50. The monoisotopic (exact) mass is 310 g/mol. The van der Waals surface area contributed by atoms with E-state index in [1.165, 1.54) is 0 Å². The summed E-state index contributed by atoms with van der Waals surface area (Å²) in [4.78, 5) is 8.50. The minimum atomic E-state index is -0.273. The molecule has 0 fully saturated rings. The molecular weight excluding hydrogens is 296 g/mol. The second kappa shape index (κ2) is 5.16. The topological polar surface area (TPSA) is 77.8 Å². The fourth-order valence-corrected chi connectivity index (χ4v) is 1.87. The van der Waals surface area contributed by atoms with E-state index in [1.54, 1.807) is 12.4 Å². The summed E-state index contributed by atoms with van der Waals surface area (Å²) >= 11 is 3.36. The molecule has 0 aliphatic carbocycles. The van der Waals surface area contributed by atoms with Gasteiger partial charge in [-0.1, -0.05) is 12.1 Å². The number of rotatable bonds is 4. The Kier molecular flexibility index (Phi) is 3.77. The van der Waals surface area contributed by atoms with E-state index >= 15 is 0 Å². The van der Waals surface area contributed by atoms with Crippen LogP contribution in [-0.4, -0.2) is 21.7 Å². The first-order chi connectivity index (χ1) is 8.59. The molecule has 1 unspecified atom stereocenters. The van der Waals surface area contributed by atoms with Crippen molar-refractivity contribution in [2.24, 2.45) is 5.73 Å². The van der Waals surface area contributed by atoms with E-state index in [-0.39, 0.29) is 5.41 Å². The number of aromatic nitrogens is 3. The molecule has 0 radical (unpaired) electrons. The highest BCUT2D eigenvalue weighted by Crippen LogP contribution is 2.27. The first-order valence-electron chi connectivity index (χ1n) is 5.74. The van der Waals surface area contributed by atoms with E-state index in [2.05, 4.69) is 38.0 Å². The van der Waals surface area contributed by atoms with Gasteiger partial charge in [-0.15, -0.1) is 0 Å². The van der Waals surface area contributed by atoms with Gasteiger partial charge < -0.3 is 10.3 Å². The molecule has 6 heteroatoms. The van der Waals surface area contributed by atoms with Crippen LogP contribution in [0.5, 0.6) is 0 Å². The number of hydrogen-bond acceptors (Lipinski definition) is 5. The van der Waals surface area contributed by atoms with Gasteiger partial charge in [0.05, 0.1) is 5.41 Å². The summed E-state index contributed by atoms with van der Waals surface area (Å²) in [5.41, 5.74) is 6.32. The third-order valence-corrected chi connectivity index (χ3v) is 3.57. The van der Waals surface area contributed by atoms with E-state index < -0.39 is 0 Å². The molecular formula is C12H15BrN4O. The van der Waals surface area contributed by atoms with Gasteiger partial charge in [0.15, 0.2) is 0 Å². The van der Waals surface area contributed by atoms with Gasteiger partial charge in [-0.05, 0) is 35.3 Å². The molecule has 0 aromatic carbocycles. The maximum atomic E-state index is 5.77. The molecule has 2 aromatic heterocycles. The quantitative estimate of drug-likeness (QED) is 0.938. The standard InChI is InChI=1S/C12H15BrN4O/c1-3-12(2,7-14)11-16-10(17-18-11)8-4-9(13)6-15-5-8/h4-6H,3,7,14H2,1-2H3. The van der Waals surface area contributed by atoms with Crippen LogP contribution in [0.3, 0.4) is 0 Å². The van der Waals surface area contributed by atoms with Crippen LogP contribution < -0.4 is 5.73 Å². The highest BCUT2D eigenvalue weighted by atomic mass is 79.9. The second-order valence-electron chi connectivity index (χ2n) is 4.43. The highest BCUT2D eigenvalue weighted by Gasteiger charge is 2.29. The van der Waals surface area contributed by atoms with E-state index in [0.29, 0.717) is 18.3 Å². The molecule has 2 heterocycles. The summed E-state index contributed by atoms with van der Waals surface area (Å²) in [5.74, 6) is 1.11. The third-order valence-electron chi connectivity index (χ3n) is 3.14. The number of nitrogens with zero attached hydrogens (tertiary/aromatic N) is 3. The highest BCUT2D eigenvalue weighted by molar-refractivity contribution is 9.10. The van der Waals surface area contributed by atoms with E-state index in [0.717, 1.165) is 16.5 Å². The van der Waals surface area contributed by atoms with Crippen molar-refractivity contribution in [2.45, 2.75) is 25.7 Å². The Morgan fingerprint density at radius 3 is 2.83 bits per heavy atom. The molecule has 0 saturated carbocycles. The zero-order valence-corrected chi connectivity index (χ0v) is 11.9. The van der Waals surface area contributed by atoms with Crippen molar-refractivity contribution < 1.29 is 4.52 Å². The average molecular weight is 311 g/mol. The predicted octanol–water partition coefficient (Wildman–Crippen LogP) is 2.52. The Morgan fingerprint density at radius 1 is 1.44 bits per heavy atom. The number of hydrogen-bond donors (Lipinski definition) is 1. The lowest BCUT2D eigenvalue weighted by atomic mass is 9.88. The Morgan fingerprint density at radius 2 is 2.22 bits per heavy atom. The summed E-state index contributed by atoms with van der Waals surface area (Å²) in [7, 11) is 0. The van der Waals surface area contributed by atoms with Gasteiger partial charge in [-0.3, -0.25) is 4.98 Å². The Balaban J connectivity index is 2.36. The van der Waals surface area contributed by atoms with Crippen LogP contribution in [0.1, 0.15) is 26.2 Å². The number of nitrogens with two attached hydrogens (primary N) is 1. The molecule has 2 N–H and O–H groups in total. The minimum Gasteiger partial charge on any atom is -0.338 e. The van der Waals surface area contributed by atoms with Crippen LogP contribution in [0.15, 0.2) is 27.5 Å². The maximum absolute atomic E-state index is 5.77. The lowest BCUT2D eigenvalue weighted by molar-refractivity contribution is 0.291. The molecule has 0 amide bonds. The third kappa shape index (κ3) is 2.44. The van der Waals surface area contributed by atoms with Gasteiger partial charge in [-0.25, -0.2) is 0 Å². The van der Waals surface area contributed by atoms with Crippen LogP contribution in [0.2, 0.25) is 0 Å². The minimum absolute atomic E-state index is 0.273. The van der Waals surface area contributed by atoms with Gasteiger partial charge in [-0.2, -0.15) is 4.98 Å². The lowest BCUT2D eigenvalue weighted by Crippen LogP contribution is -2.31. The molecule has 18 heavy (non-hydrogen) atoms.